The molecule has 1 heterocycles. The van der Waals surface area contributed by atoms with E-state index >= 15 is 0 Å². The Balaban J connectivity index is 2.71. The Hall–Kier alpha value is -1.27. The second-order valence-electron chi connectivity index (χ2n) is 2.83. The highest BCUT2D eigenvalue weighted by Crippen LogP contribution is 2.22. The van der Waals surface area contributed by atoms with Gasteiger partial charge >= 0.3 is 6.18 Å². The van der Waals surface area contributed by atoms with Crippen molar-refractivity contribution in [2.75, 3.05) is 5.32 Å². The number of Topliss-reactive ketones (excluding diaryl/α,β-unsaturated/α-hetero) is 1. The maximum atomic E-state index is 11.9. The summed E-state index contributed by atoms with van der Waals surface area (Å²) in [6, 6.07) is 2.89. The standard InChI is InChI=1S/C9H5Cl2F3N2O/c10-5-1-2-7(15-3-5)16-4-6(11)8(17)9(12,13)14/h1-4H,(H,15,16). The van der Waals surface area contributed by atoms with Crippen LogP contribution in [0, 0.1) is 0 Å². The van der Waals surface area contributed by atoms with E-state index in [4.69, 9.17) is 23.2 Å². The van der Waals surface area contributed by atoms with Gasteiger partial charge in [0.2, 0.25) is 0 Å². The fraction of sp³-hybridized carbons (Fsp3) is 0.111. The molecule has 1 N–H and O–H groups in total. The van der Waals surface area contributed by atoms with Crippen LogP contribution in [-0.2, 0) is 4.79 Å². The van der Waals surface area contributed by atoms with E-state index in [-0.39, 0.29) is 5.82 Å². The third-order valence-electron chi connectivity index (χ3n) is 1.55. The Kier molecular flexibility index (Phi) is 4.36. The van der Waals surface area contributed by atoms with Crippen LogP contribution in [0.25, 0.3) is 0 Å². The van der Waals surface area contributed by atoms with Gasteiger partial charge in [-0.2, -0.15) is 13.2 Å². The molecule has 0 saturated heterocycles. The number of halogens is 5. The Morgan fingerprint density at radius 3 is 2.53 bits per heavy atom. The number of pyridine rings is 1. The zero-order chi connectivity index (χ0) is 13.1. The maximum absolute atomic E-state index is 11.9. The molecule has 1 aromatic rings. The van der Waals surface area contributed by atoms with Crippen molar-refractivity contribution in [3.05, 3.63) is 34.6 Å². The van der Waals surface area contributed by atoms with Gasteiger partial charge in [0.05, 0.1) is 5.02 Å². The van der Waals surface area contributed by atoms with Gasteiger partial charge in [-0.15, -0.1) is 0 Å². The highest BCUT2D eigenvalue weighted by Gasteiger charge is 2.40. The van der Waals surface area contributed by atoms with Crippen LogP contribution >= 0.6 is 23.2 Å². The predicted octanol–water partition coefficient (Wildman–Crippen LogP) is 3.36. The number of hydrogen-bond donors (Lipinski definition) is 1. The van der Waals surface area contributed by atoms with E-state index in [0.717, 1.165) is 0 Å². The highest BCUT2D eigenvalue weighted by molar-refractivity contribution is 6.43. The number of carbonyl (C=O) groups excluding carboxylic acids is 1. The van der Waals surface area contributed by atoms with E-state index in [1.807, 2.05) is 0 Å². The molecule has 8 heteroatoms. The minimum atomic E-state index is -5.00. The number of alkyl halides is 3. The van der Waals surface area contributed by atoms with Gasteiger partial charge in [0, 0.05) is 12.4 Å². The van der Waals surface area contributed by atoms with Crippen LogP contribution in [0.15, 0.2) is 29.6 Å². The first-order chi connectivity index (χ1) is 7.80. The summed E-state index contributed by atoms with van der Waals surface area (Å²) < 4.78 is 35.8. The average molecular weight is 285 g/mol. The number of nitrogens with zero attached hydrogens (tertiary/aromatic N) is 1. The van der Waals surface area contributed by atoms with Crippen LogP contribution in [0.4, 0.5) is 19.0 Å². The molecule has 0 radical (unpaired) electrons. The smallest absolute Gasteiger partial charge is 0.345 e. The molecule has 0 saturated carbocycles. The van der Waals surface area contributed by atoms with E-state index in [9.17, 15) is 18.0 Å². The number of hydrogen-bond acceptors (Lipinski definition) is 3. The molecule has 3 nitrogen and oxygen atoms in total. The molecule has 1 aromatic heterocycles. The van der Waals surface area contributed by atoms with Crippen molar-refractivity contribution in [3.63, 3.8) is 0 Å². The molecule has 0 aliphatic heterocycles. The zero-order valence-corrected chi connectivity index (χ0v) is 9.57. The fourth-order valence-electron chi connectivity index (χ4n) is 0.799. The summed E-state index contributed by atoms with van der Waals surface area (Å²) in [6.45, 7) is 0. The van der Waals surface area contributed by atoms with Crippen molar-refractivity contribution >= 4 is 34.8 Å². The lowest BCUT2D eigenvalue weighted by Gasteiger charge is -2.04. The summed E-state index contributed by atoms with van der Waals surface area (Å²) in [7, 11) is 0. The highest BCUT2D eigenvalue weighted by atomic mass is 35.5. The van der Waals surface area contributed by atoms with Crippen LogP contribution in [0.2, 0.25) is 5.02 Å². The van der Waals surface area contributed by atoms with Crippen LogP contribution in [-0.4, -0.2) is 16.9 Å². The molecule has 0 aromatic carbocycles. The Bertz CT molecular complexity index is 443. The minimum Gasteiger partial charge on any atom is -0.345 e. The van der Waals surface area contributed by atoms with Gasteiger partial charge < -0.3 is 5.32 Å². The van der Waals surface area contributed by atoms with Crippen molar-refractivity contribution in [3.8, 4) is 0 Å². The summed E-state index contributed by atoms with van der Waals surface area (Å²) >= 11 is 10.7. The molecule has 0 unspecified atom stereocenters. The van der Waals surface area contributed by atoms with E-state index in [1.165, 1.54) is 18.3 Å². The summed E-state index contributed by atoms with van der Waals surface area (Å²) in [5.41, 5.74) is 0. The monoisotopic (exact) mass is 284 g/mol. The summed E-state index contributed by atoms with van der Waals surface area (Å²) in [4.78, 5) is 14.4. The molecule has 0 atom stereocenters. The molecule has 17 heavy (non-hydrogen) atoms. The predicted molar refractivity (Wildman–Crippen MR) is 57.9 cm³/mol. The molecule has 0 bridgehead atoms. The van der Waals surface area contributed by atoms with E-state index < -0.39 is 17.0 Å². The Morgan fingerprint density at radius 2 is 2.06 bits per heavy atom. The number of nitrogens with one attached hydrogen (secondary N) is 1. The molecule has 92 valence electrons. The molecule has 0 spiro atoms. The van der Waals surface area contributed by atoms with Gasteiger partial charge in [-0.3, -0.25) is 4.79 Å². The fourth-order valence-corrected chi connectivity index (χ4v) is 1.07. The molecular formula is C9H5Cl2F3N2O. The largest absolute Gasteiger partial charge is 0.455 e. The molecule has 0 aliphatic rings. The molecule has 0 aliphatic carbocycles. The third-order valence-corrected chi connectivity index (χ3v) is 2.05. The second kappa shape index (κ2) is 5.37. The van der Waals surface area contributed by atoms with Gasteiger partial charge in [-0.05, 0) is 12.1 Å². The second-order valence-corrected chi connectivity index (χ2v) is 3.67. The lowest BCUT2D eigenvalue weighted by atomic mass is 10.3. The number of allylic oxidation sites excluding steroid dienone is 1. The van der Waals surface area contributed by atoms with Crippen molar-refractivity contribution in [2.24, 2.45) is 0 Å². The van der Waals surface area contributed by atoms with Crippen LogP contribution in [0.1, 0.15) is 0 Å². The van der Waals surface area contributed by atoms with Crippen molar-refractivity contribution < 1.29 is 18.0 Å². The van der Waals surface area contributed by atoms with Gasteiger partial charge in [0.1, 0.15) is 10.9 Å². The van der Waals surface area contributed by atoms with Crippen LogP contribution < -0.4 is 5.32 Å². The Morgan fingerprint density at radius 1 is 1.41 bits per heavy atom. The van der Waals surface area contributed by atoms with E-state index in [2.05, 4.69) is 10.3 Å². The number of aromatic nitrogens is 1. The van der Waals surface area contributed by atoms with E-state index in [0.29, 0.717) is 11.2 Å². The summed E-state index contributed by atoms with van der Waals surface area (Å²) in [5, 5.41) is 1.73. The normalized spacial score (nSPS) is 12.4. The molecule has 0 fully saturated rings. The number of rotatable bonds is 3. The van der Waals surface area contributed by atoms with Gasteiger partial charge in [0.25, 0.3) is 5.78 Å². The van der Waals surface area contributed by atoms with Gasteiger partial charge in [-0.1, -0.05) is 23.2 Å². The molecule has 0 amide bonds. The summed E-state index contributed by atoms with van der Waals surface area (Å²) in [6.07, 6.45) is -2.99. The molecular weight excluding hydrogens is 280 g/mol. The lowest BCUT2D eigenvalue weighted by Crippen LogP contribution is -2.23. The topological polar surface area (TPSA) is 42.0 Å². The quantitative estimate of drug-likeness (QED) is 0.866. The number of anilines is 1. The van der Waals surface area contributed by atoms with Gasteiger partial charge in [-0.25, -0.2) is 4.98 Å². The third kappa shape index (κ3) is 4.24. The van der Waals surface area contributed by atoms with Gasteiger partial charge in [0.15, 0.2) is 0 Å². The lowest BCUT2D eigenvalue weighted by molar-refractivity contribution is -0.165. The van der Waals surface area contributed by atoms with Crippen molar-refractivity contribution in [1.82, 2.24) is 4.98 Å². The number of carbonyl (C=O) groups is 1. The average Bonchev–Trinajstić information content (AvgIpc) is 2.25. The van der Waals surface area contributed by atoms with Crippen molar-refractivity contribution in [1.29, 1.82) is 0 Å². The number of ketones is 1. The first-order valence-corrected chi connectivity index (χ1v) is 4.91. The van der Waals surface area contributed by atoms with Crippen LogP contribution in [0.3, 0.4) is 0 Å². The first kappa shape index (κ1) is 13.8. The van der Waals surface area contributed by atoms with Crippen LogP contribution in [0.5, 0.6) is 0 Å². The maximum Gasteiger partial charge on any atom is 0.455 e. The van der Waals surface area contributed by atoms with Crippen molar-refractivity contribution in [2.45, 2.75) is 6.18 Å². The Labute approximate surface area is 104 Å². The zero-order valence-electron chi connectivity index (χ0n) is 8.05. The van der Waals surface area contributed by atoms with E-state index in [1.54, 1.807) is 0 Å². The SMILES string of the molecule is O=C(C(Cl)=CNc1ccc(Cl)cn1)C(F)(F)F. The molecule has 1 rings (SSSR count). The first-order valence-electron chi connectivity index (χ1n) is 4.16. The minimum absolute atomic E-state index is 0.211. The summed E-state index contributed by atoms with van der Waals surface area (Å²) in [5.74, 6) is -1.91.